The lowest BCUT2D eigenvalue weighted by Crippen LogP contribution is -2.28. The van der Waals surface area contributed by atoms with Gasteiger partial charge in [0.1, 0.15) is 0 Å². The summed E-state index contributed by atoms with van der Waals surface area (Å²) in [6.45, 7) is 7.25. The molecule has 0 bridgehead atoms. The quantitative estimate of drug-likeness (QED) is 0.417. The fourth-order valence-electron chi connectivity index (χ4n) is 3.11. The van der Waals surface area contributed by atoms with Crippen LogP contribution >= 0.6 is 11.8 Å². The van der Waals surface area contributed by atoms with E-state index >= 15 is 0 Å². The third-order valence-electron chi connectivity index (χ3n) is 4.56. The Labute approximate surface area is 192 Å². The molecule has 2 aromatic rings. The van der Waals surface area contributed by atoms with Gasteiger partial charge in [-0.3, -0.25) is 9.69 Å². The predicted octanol–water partition coefficient (Wildman–Crippen LogP) is 4.89. The van der Waals surface area contributed by atoms with Crippen LogP contribution in [0.3, 0.4) is 0 Å². The van der Waals surface area contributed by atoms with Crippen LogP contribution in [0.2, 0.25) is 0 Å². The van der Waals surface area contributed by atoms with E-state index in [1.54, 1.807) is 29.2 Å². The Kier molecular flexibility index (Phi) is 7.94. The number of likely N-dealkylation sites (N-methyl/N-ethyl adjacent to an activating group) is 1. The smallest absolute Gasteiger partial charge is 0.337 e. The summed E-state index contributed by atoms with van der Waals surface area (Å²) in [5.74, 6) is 0.757. The summed E-state index contributed by atoms with van der Waals surface area (Å²) in [5, 5.41) is 0.557. The van der Waals surface area contributed by atoms with Gasteiger partial charge in [-0.05, 0) is 74.5 Å². The predicted molar refractivity (Wildman–Crippen MR) is 127 cm³/mol. The first-order valence-corrected chi connectivity index (χ1v) is 11.2. The van der Waals surface area contributed by atoms with E-state index in [9.17, 15) is 9.59 Å². The molecule has 32 heavy (non-hydrogen) atoms. The number of aliphatic imine (C=N–C) groups is 1. The van der Waals surface area contributed by atoms with Crippen molar-refractivity contribution in [3.63, 3.8) is 0 Å². The molecule has 2 aromatic carbocycles. The molecule has 1 amide bonds. The molecule has 7 nitrogen and oxygen atoms in total. The van der Waals surface area contributed by atoms with Crippen LogP contribution in [0.4, 0.5) is 5.69 Å². The molecule has 3 rings (SSSR count). The van der Waals surface area contributed by atoms with Crippen molar-refractivity contribution in [1.29, 1.82) is 0 Å². The molecule has 0 aliphatic carbocycles. The number of hydrogen-bond donors (Lipinski definition) is 0. The minimum absolute atomic E-state index is 0.118. The summed E-state index contributed by atoms with van der Waals surface area (Å²) in [6.07, 6.45) is 1.82. The number of hydrogen-bond acceptors (Lipinski definition) is 7. The van der Waals surface area contributed by atoms with E-state index in [1.807, 2.05) is 45.0 Å². The lowest BCUT2D eigenvalue weighted by atomic mass is 10.2. The van der Waals surface area contributed by atoms with Crippen molar-refractivity contribution >= 4 is 40.6 Å². The number of nitrogens with zero attached hydrogens (tertiary/aromatic N) is 2. The molecule has 0 N–H and O–H groups in total. The van der Waals surface area contributed by atoms with Crippen molar-refractivity contribution in [3.05, 3.63) is 58.5 Å². The molecule has 0 saturated carbocycles. The average Bonchev–Trinajstić information content (AvgIpc) is 3.09. The summed E-state index contributed by atoms with van der Waals surface area (Å²) in [4.78, 5) is 31.5. The third kappa shape index (κ3) is 5.31. The summed E-state index contributed by atoms with van der Waals surface area (Å²) in [6, 6.07) is 12.4. The Bertz CT molecular complexity index is 1060. The number of ether oxygens (including phenoxy) is 3. The number of rotatable bonds is 8. The van der Waals surface area contributed by atoms with Gasteiger partial charge in [-0.15, -0.1) is 0 Å². The van der Waals surface area contributed by atoms with E-state index < -0.39 is 5.97 Å². The SMILES string of the molecule is CCOc1ccc(C=C2SC(=Nc3cccc(C(=O)OC)c3)N(CC)C2=O)cc1OCC. The monoisotopic (exact) mass is 454 g/mol. The molecule has 1 aliphatic rings. The van der Waals surface area contributed by atoms with Crippen LogP contribution in [0.25, 0.3) is 6.08 Å². The third-order valence-corrected chi connectivity index (χ3v) is 5.57. The molecule has 1 fully saturated rings. The van der Waals surface area contributed by atoms with Gasteiger partial charge < -0.3 is 14.2 Å². The van der Waals surface area contributed by atoms with Crippen LogP contribution in [-0.4, -0.2) is 48.8 Å². The maximum absolute atomic E-state index is 13.0. The second-order valence-electron chi connectivity index (χ2n) is 6.67. The fourth-order valence-corrected chi connectivity index (χ4v) is 4.17. The van der Waals surface area contributed by atoms with E-state index in [-0.39, 0.29) is 5.91 Å². The number of carbonyl (C=O) groups excluding carboxylic acids is 2. The first-order valence-electron chi connectivity index (χ1n) is 10.4. The zero-order valence-corrected chi connectivity index (χ0v) is 19.4. The van der Waals surface area contributed by atoms with Crippen LogP contribution in [0.1, 0.15) is 36.7 Å². The maximum atomic E-state index is 13.0. The van der Waals surface area contributed by atoms with Gasteiger partial charge in [0.05, 0.1) is 36.5 Å². The zero-order chi connectivity index (χ0) is 23.1. The molecule has 1 heterocycles. The highest BCUT2D eigenvalue weighted by Crippen LogP contribution is 2.36. The Morgan fingerprint density at radius 1 is 1.06 bits per heavy atom. The molecular weight excluding hydrogens is 428 g/mol. The highest BCUT2D eigenvalue weighted by Gasteiger charge is 2.32. The molecule has 168 valence electrons. The van der Waals surface area contributed by atoms with Gasteiger partial charge >= 0.3 is 5.97 Å². The Morgan fingerprint density at radius 3 is 2.50 bits per heavy atom. The molecule has 1 saturated heterocycles. The van der Waals surface area contributed by atoms with Crippen molar-refractivity contribution in [1.82, 2.24) is 4.90 Å². The highest BCUT2D eigenvalue weighted by atomic mass is 32.2. The highest BCUT2D eigenvalue weighted by molar-refractivity contribution is 8.18. The Hall–Kier alpha value is -3.26. The first-order chi connectivity index (χ1) is 15.5. The maximum Gasteiger partial charge on any atom is 0.337 e. The van der Waals surface area contributed by atoms with Gasteiger partial charge in [0.2, 0.25) is 0 Å². The number of amidine groups is 1. The number of esters is 1. The molecule has 0 spiro atoms. The summed E-state index contributed by atoms with van der Waals surface area (Å²) >= 11 is 1.29. The molecule has 0 radical (unpaired) electrons. The lowest BCUT2D eigenvalue weighted by molar-refractivity contribution is -0.122. The van der Waals surface area contributed by atoms with Crippen molar-refractivity contribution in [2.24, 2.45) is 4.99 Å². The van der Waals surface area contributed by atoms with Gasteiger partial charge in [0.25, 0.3) is 5.91 Å². The van der Waals surface area contributed by atoms with Gasteiger partial charge in [-0.25, -0.2) is 9.79 Å². The van der Waals surface area contributed by atoms with Crippen molar-refractivity contribution < 1.29 is 23.8 Å². The summed E-state index contributed by atoms with van der Waals surface area (Å²) in [7, 11) is 1.33. The van der Waals surface area contributed by atoms with Crippen molar-refractivity contribution in [2.75, 3.05) is 26.9 Å². The van der Waals surface area contributed by atoms with E-state index in [0.717, 1.165) is 5.56 Å². The lowest BCUT2D eigenvalue weighted by Gasteiger charge is -2.12. The Morgan fingerprint density at radius 2 is 1.81 bits per heavy atom. The molecule has 1 aliphatic heterocycles. The number of thioether (sulfide) groups is 1. The summed E-state index contributed by atoms with van der Waals surface area (Å²) < 4.78 is 16.1. The minimum atomic E-state index is -0.435. The van der Waals surface area contributed by atoms with Crippen molar-refractivity contribution in [2.45, 2.75) is 20.8 Å². The van der Waals surface area contributed by atoms with Crippen LogP contribution < -0.4 is 9.47 Å². The number of benzene rings is 2. The van der Waals surface area contributed by atoms with E-state index in [2.05, 4.69) is 4.99 Å². The van der Waals surface area contributed by atoms with Gasteiger partial charge in [-0.1, -0.05) is 12.1 Å². The number of methoxy groups -OCH3 is 1. The molecule has 0 atom stereocenters. The van der Waals surface area contributed by atoms with E-state index in [0.29, 0.717) is 52.6 Å². The molecule has 0 aromatic heterocycles. The Balaban J connectivity index is 1.91. The summed E-state index contributed by atoms with van der Waals surface area (Å²) in [5.41, 5.74) is 1.81. The van der Waals surface area contributed by atoms with Crippen LogP contribution in [0, 0.1) is 0 Å². The normalized spacial score (nSPS) is 16.0. The second-order valence-corrected chi connectivity index (χ2v) is 7.68. The van der Waals surface area contributed by atoms with Crippen LogP contribution in [-0.2, 0) is 9.53 Å². The van der Waals surface area contributed by atoms with E-state index in [4.69, 9.17) is 14.2 Å². The number of carbonyl (C=O) groups is 2. The standard InChI is InChI=1S/C24H26N2O5S/c1-5-26-22(27)21(14-16-11-12-19(30-6-2)20(13-16)31-7-3)32-24(26)25-18-10-8-9-17(15-18)23(28)29-4/h8-15H,5-7H2,1-4H3. The van der Waals surface area contributed by atoms with Gasteiger partial charge in [-0.2, -0.15) is 0 Å². The average molecular weight is 455 g/mol. The van der Waals surface area contributed by atoms with Gasteiger partial charge in [0, 0.05) is 6.54 Å². The molecular formula is C24H26N2O5S. The number of amides is 1. The molecule has 8 heteroatoms. The van der Waals surface area contributed by atoms with Gasteiger partial charge in [0.15, 0.2) is 16.7 Å². The first kappa shape index (κ1) is 23.4. The van der Waals surface area contributed by atoms with Crippen LogP contribution in [0.15, 0.2) is 52.4 Å². The van der Waals surface area contributed by atoms with Crippen molar-refractivity contribution in [3.8, 4) is 11.5 Å². The minimum Gasteiger partial charge on any atom is -0.490 e. The second kappa shape index (κ2) is 10.9. The fraction of sp³-hybridized carbons (Fsp3) is 0.292. The topological polar surface area (TPSA) is 77.4 Å². The van der Waals surface area contributed by atoms with Crippen LogP contribution in [0.5, 0.6) is 11.5 Å². The largest absolute Gasteiger partial charge is 0.490 e. The zero-order valence-electron chi connectivity index (χ0n) is 18.6. The molecule has 0 unspecified atom stereocenters. The van der Waals surface area contributed by atoms with E-state index in [1.165, 1.54) is 18.9 Å².